The highest BCUT2D eigenvalue weighted by molar-refractivity contribution is 5.60. The van der Waals surface area contributed by atoms with Crippen LogP contribution >= 0.6 is 0 Å². The van der Waals surface area contributed by atoms with E-state index in [-0.39, 0.29) is 11.3 Å². The van der Waals surface area contributed by atoms with Gasteiger partial charge in [-0.3, -0.25) is 0 Å². The van der Waals surface area contributed by atoms with Gasteiger partial charge in [-0.1, -0.05) is 6.07 Å². The molecule has 0 fully saturated rings. The maximum atomic E-state index is 12.3. The number of ether oxygens (including phenoxy) is 3. The Morgan fingerprint density at radius 1 is 1.30 bits per heavy atom. The summed E-state index contributed by atoms with van der Waals surface area (Å²) < 4.78 is 39.0. The second kappa shape index (κ2) is 8.10. The molecule has 1 aromatic rings. The van der Waals surface area contributed by atoms with Crippen molar-refractivity contribution in [3.8, 4) is 5.75 Å². The number of aliphatic hydroxyl groups is 1. The van der Waals surface area contributed by atoms with Crippen LogP contribution in [-0.4, -0.2) is 29.6 Å². The molecule has 0 amide bonds. The third kappa shape index (κ3) is 7.27. The van der Waals surface area contributed by atoms with E-state index in [1.54, 1.807) is 33.8 Å². The number of hydrogen-bond donors (Lipinski definition) is 1. The van der Waals surface area contributed by atoms with Gasteiger partial charge in [0.15, 0.2) is 0 Å². The molecule has 1 aromatic carbocycles. The summed E-state index contributed by atoms with van der Waals surface area (Å²) in [5, 5.41) is 9.23. The molecule has 0 saturated carbocycles. The molecule has 0 saturated heterocycles. The van der Waals surface area contributed by atoms with Gasteiger partial charge in [0.1, 0.15) is 17.5 Å². The second-order valence-electron chi connectivity index (χ2n) is 6.08. The lowest BCUT2D eigenvalue weighted by molar-refractivity contribution is -0.0510. The van der Waals surface area contributed by atoms with E-state index in [1.165, 1.54) is 12.1 Å². The summed E-state index contributed by atoms with van der Waals surface area (Å²) in [6, 6.07) is 4.46. The van der Waals surface area contributed by atoms with Crippen molar-refractivity contribution in [1.29, 1.82) is 0 Å². The van der Waals surface area contributed by atoms with Gasteiger partial charge in [-0.25, -0.2) is 4.79 Å². The Bertz CT molecular complexity index is 526. The summed E-state index contributed by atoms with van der Waals surface area (Å²) in [4.78, 5) is 11.6. The van der Waals surface area contributed by atoms with E-state index in [0.717, 1.165) is 0 Å². The number of halogens is 2. The summed E-state index contributed by atoms with van der Waals surface area (Å²) in [6.07, 6.45) is -0.899. The minimum absolute atomic E-state index is 0.0769. The first-order valence-corrected chi connectivity index (χ1v) is 7.18. The van der Waals surface area contributed by atoms with E-state index in [1.807, 2.05) is 0 Å². The largest absolute Gasteiger partial charge is 0.509 e. The molecule has 0 heterocycles. The van der Waals surface area contributed by atoms with Crippen molar-refractivity contribution in [2.75, 3.05) is 0 Å². The summed E-state index contributed by atoms with van der Waals surface area (Å²) in [5.74, 6) is -0.0769. The molecule has 1 atom stereocenters. The number of carbonyl (C=O) groups is 1. The fourth-order valence-electron chi connectivity index (χ4n) is 1.91. The van der Waals surface area contributed by atoms with E-state index >= 15 is 0 Å². The van der Waals surface area contributed by atoms with Crippen molar-refractivity contribution in [3.05, 3.63) is 29.3 Å². The van der Waals surface area contributed by atoms with Gasteiger partial charge in [0.25, 0.3) is 0 Å². The normalized spacial score (nSPS) is 12.9. The van der Waals surface area contributed by atoms with Crippen molar-refractivity contribution in [2.45, 2.75) is 59.0 Å². The van der Waals surface area contributed by atoms with Crippen molar-refractivity contribution in [1.82, 2.24) is 0 Å². The van der Waals surface area contributed by atoms with Crippen LogP contribution in [0.1, 0.15) is 38.8 Å². The standard InChI is InChI=1S/C16H22F2O5/c1-10(21-15(20)23-16(2,3)4)7-11-5-6-13(22-14(17)18)12(8-11)9-19/h5-6,8,10,14,19H,7,9H2,1-4H3. The topological polar surface area (TPSA) is 65.0 Å². The van der Waals surface area contributed by atoms with Crippen LogP contribution in [0.15, 0.2) is 18.2 Å². The Labute approximate surface area is 134 Å². The molecule has 0 aromatic heterocycles. The predicted molar refractivity (Wildman–Crippen MR) is 79.5 cm³/mol. The van der Waals surface area contributed by atoms with E-state index in [0.29, 0.717) is 12.0 Å². The summed E-state index contributed by atoms with van der Waals surface area (Å²) in [6.45, 7) is 3.49. The monoisotopic (exact) mass is 332 g/mol. The molecule has 23 heavy (non-hydrogen) atoms. The van der Waals surface area contributed by atoms with Gasteiger partial charge in [0.05, 0.1) is 6.61 Å². The average molecular weight is 332 g/mol. The maximum absolute atomic E-state index is 12.3. The number of alkyl halides is 2. The van der Waals surface area contributed by atoms with Crippen molar-refractivity contribution in [2.24, 2.45) is 0 Å². The molecule has 130 valence electrons. The Balaban J connectivity index is 2.68. The zero-order valence-electron chi connectivity index (χ0n) is 13.6. The zero-order valence-corrected chi connectivity index (χ0v) is 13.6. The van der Waals surface area contributed by atoms with Crippen LogP contribution in [0.5, 0.6) is 5.75 Å². The van der Waals surface area contributed by atoms with Crippen molar-refractivity contribution >= 4 is 6.16 Å². The Morgan fingerprint density at radius 3 is 2.48 bits per heavy atom. The molecule has 1 rings (SSSR count). The highest BCUT2D eigenvalue weighted by Crippen LogP contribution is 2.23. The lowest BCUT2D eigenvalue weighted by atomic mass is 10.0. The predicted octanol–water partition coefficient (Wildman–Crippen LogP) is 3.66. The molecule has 7 heteroatoms. The molecule has 0 aliphatic carbocycles. The molecular weight excluding hydrogens is 310 g/mol. The van der Waals surface area contributed by atoms with Gasteiger partial charge in [-0.05, 0) is 45.4 Å². The van der Waals surface area contributed by atoms with Crippen LogP contribution in [0.3, 0.4) is 0 Å². The number of benzene rings is 1. The molecule has 0 aliphatic heterocycles. The van der Waals surface area contributed by atoms with Crippen molar-refractivity contribution < 1.29 is 32.9 Å². The van der Waals surface area contributed by atoms with Gasteiger partial charge < -0.3 is 19.3 Å². The minimum atomic E-state index is -2.96. The molecule has 1 unspecified atom stereocenters. The van der Waals surface area contributed by atoms with Crippen molar-refractivity contribution in [3.63, 3.8) is 0 Å². The molecule has 5 nitrogen and oxygen atoms in total. The van der Waals surface area contributed by atoms with Crippen LogP contribution in [0.4, 0.5) is 13.6 Å². The molecule has 0 bridgehead atoms. The SMILES string of the molecule is CC(Cc1ccc(OC(F)F)c(CO)c1)OC(=O)OC(C)(C)C. The summed E-state index contributed by atoms with van der Waals surface area (Å²) in [5.41, 5.74) is 0.314. The van der Waals surface area contributed by atoms with E-state index in [4.69, 9.17) is 9.47 Å². The molecular formula is C16H22F2O5. The quantitative estimate of drug-likeness (QED) is 0.805. The summed E-state index contributed by atoms with van der Waals surface area (Å²) in [7, 11) is 0. The van der Waals surface area contributed by atoms with Crippen LogP contribution in [0.2, 0.25) is 0 Å². The third-order valence-electron chi connectivity index (χ3n) is 2.72. The van der Waals surface area contributed by atoms with Crippen LogP contribution < -0.4 is 4.74 Å². The van der Waals surface area contributed by atoms with E-state index in [2.05, 4.69) is 4.74 Å². The minimum Gasteiger partial charge on any atom is -0.434 e. The molecule has 0 radical (unpaired) electrons. The highest BCUT2D eigenvalue weighted by Gasteiger charge is 2.20. The Kier molecular flexibility index (Phi) is 6.75. The van der Waals surface area contributed by atoms with Gasteiger partial charge in [0.2, 0.25) is 0 Å². The van der Waals surface area contributed by atoms with Gasteiger partial charge >= 0.3 is 12.8 Å². The Hall–Kier alpha value is -1.89. The fourth-order valence-corrected chi connectivity index (χ4v) is 1.91. The first-order chi connectivity index (χ1) is 10.6. The molecule has 1 N–H and O–H groups in total. The Morgan fingerprint density at radius 2 is 1.96 bits per heavy atom. The zero-order chi connectivity index (χ0) is 17.6. The lowest BCUT2D eigenvalue weighted by Gasteiger charge is -2.21. The second-order valence-corrected chi connectivity index (χ2v) is 6.08. The van der Waals surface area contributed by atoms with E-state index in [9.17, 15) is 18.7 Å². The lowest BCUT2D eigenvalue weighted by Crippen LogP contribution is -2.27. The summed E-state index contributed by atoms with van der Waals surface area (Å²) >= 11 is 0. The van der Waals surface area contributed by atoms with Crippen LogP contribution in [-0.2, 0) is 22.5 Å². The van der Waals surface area contributed by atoms with Crippen LogP contribution in [0, 0.1) is 0 Å². The number of carbonyl (C=O) groups excluding carboxylic acids is 1. The number of rotatable bonds is 6. The fraction of sp³-hybridized carbons (Fsp3) is 0.562. The van der Waals surface area contributed by atoms with Crippen LogP contribution in [0.25, 0.3) is 0 Å². The maximum Gasteiger partial charge on any atom is 0.509 e. The smallest absolute Gasteiger partial charge is 0.434 e. The van der Waals surface area contributed by atoms with Gasteiger partial charge in [0, 0.05) is 12.0 Å². The van der Waals surface area contributed by atoms with Gasteiger partial charge in [-0.15, -0.1) is 0 Å². The number of hydrogen-bond acceptors (Lipinski definition) is 5. The molecule has 0 aliphatic rings. The van der Waals surface area contributed by atoms with E-state index < -0.39 is 31.1 Å². The highest BCUT2D eigenvalue weighted by atomic mass is 19.3. The van der Waals surface area contributed by atoms with Gasteiger partial charge in [-0.2, -0.15) is 8.78 Å². The first-order valence-electron chi connectivity index (χ1n) is 7.18. The molecule has 0 spiro atoms. The third-order valence-corrected chi connectivity index (χ3v) is 2.72. The average Bonchev–Trinajstić information content (AvgIpc) is 2.37. The number of aliphatic hydroxyl groups excluding tert-OH is 1. The first kappa shape index (κ1) is 19.2.